The Labute approximate surface area is 105 Å². The molecule has 1 aromatic heterocycles. The number of aromatic nitrogens is 1. The molecule has 0 bridgehead atoms. The van der Waals surface area contributed by atoms with E-state index in [9.17, 15) is 0 Å². The van der Waals surface area contributed by atoms with Crippen molar-refractivity contribution in [2.45, 2.75) is 5.33 Å². The number of hydrogen-bond acceptors (Lipinski definition) is 2. The zero-order chi connectivity index (χ0) is 10.8. The summed E-state index contributed by atoms with van der Waals surface area (Å²) >= 11 is 15.2. The molecule has 0 amide bonds. The monoisotopic (exact) mass is 305 g/mol. The summed E-state index contributed by atoms with van der Waals surface area (Å²) in [4.78, 5) is 0. The van der Waals surface area contributed by atoms with E-state index in [0.29, 0.717) is 21.1 Å². The highest BCUT2D eigenvalue weighted by Gasteiger charge is 2.09. The van der Waals surface area contributed by atoms with Gasteiger partial charge in [-0.1, -0.05) is 44.3 Å². The fraction of sp³-hybridized carbons (Fsp3) is 0.100. The van der Waals surface area contributed by atoms with Gasteiger partial charge in [0.1, 0.15) is 11.5 Å². The summed E-state index contributed by atoms with van der Waals surface area (Å²) in [5, 5.41) is 5.76. The van der Waals surface area contributed by atoms with E-state index in [2.05, 4.69) is 21.1 Å². The van der Waals surface area contributed by atoms with Crippen LogP contribution in [0.4, 0.5) is 0 Å². The second-order valence-electron chi connectivity index (χ2n) is 2.94. The van der Waals surface area contributed by atoms with Crippen LogP contribution in [-0.4, -0.2) is 5.16 Å². The number of nitrogens with zero attached hydrogens (tertiary/aromatic N) is 1. The third-order valence-corrected chi connectivity index (χ3v) is 3.01. The van der Waals surface area contributed by atoms with Crippen LogP contribution in [0, 0.1) is 0 Å². The Morgan fingerprint density at radius 1 is 1.27 bits per heavy atom. The van der Waals surface area contributed by atoms with E-state index < -0.39 is 0 Å². The smallest absolute Gasteiger partial charge is 0.147 e. The van der Waals surface area contributed by atoms with Crippen LogP contribution >= 0.6 is 39.1 Å². The normalized spacial score (nSPS) is 10.6. The largest absolute Gasteiger partial charge is 0.360 e. The number of hydrogen-bond donors (Lipinski definition) is 0. The van der Waals surface area contributed by atoms with Crippen LogP contribution in [0.2, 0.25) is 10.0 Å². The van der Waals surface area contributed by atoms with Crippen molar-refractivity contribution in [1.82, 2.24) is 5.16 Å². The molecular weight excluding hydrogens is 301 g/mol. The van der Waals surface area contributed by atoms with Crippen LogP contribution in [0.5, 0.6) is 0 Å². The second-order valence-corrected chi connectivity index (χ2v) is 4.34. The van der Waals surface area contributed by atoms with Crippen molar-refractivity contribution in [2.75, 3.05) is 0 Å². The first-order chi connectivity index (χ1) is 7.20. The zero-order valence-corrected chi connectivity index (χ0v) is 10.6. The lowest BCUT2D eigenvalue weighted by atomic mass is 10.1. The molecule has 5 heteroatoms. The van der Waals surface area contributed by atoms with Crippen LogP contribution in [-0.2, 0) is 5.33 Å². The van der Waals surface area contributed by atoms with Crippen molar-refractivity contribution < 1.29 is 4.52 Å². The van der Waals surface area contributed by atoms with E-state index in [1.165, 1.54) is 0 Å². The molecule has 2 nitrogen and oxygen atoms in total. The molecule has 0 aliphatic carbocycles. The lowest BCUT2D eigenvalue weighted by Gasteiger charge is -1.99. The third-order valence-electron chi connectivity index (χ3n) is 1.90. The van der Waals surface area contributed by atoms with Crippen molar-refractivity contribution in [3.05, 3.63) is 40.1 Å². The molecule has 78 valence electrons. The molecule has 0 radical (unpaired) electrons. The Morgan fingerprint density at radius 2 is 2.07 bits per heavy atom. The van der Waals surface area contributed by atoms with Gasteiger partial charge in [-0.3, -0.25) is 0 Å². The Hall–Kier alpha value is -0.510. The summed E-state index contributed by atoms with van der Waals surface area (Å²) in [6.45, 7) is 0. The van der Waals surface area contributed by atoms with Gasteiger partial charge in [-0.2, -0.15) is 0 Å². The molecule has 15 heavy (non-hydrogen) atoms. The lowest BCUT2D eigenvalue weighted by Crippen LogP contribution is -1.78. The molecule has 0 unspecified atom stereocenters. The van der Waals surface area contributed by atoms with E-state index in [1.807, 2.05) is 6.07 Å². The van der Waals surface area contributed by atoms with Crippen molar-refractivity contribution >= 4 is 39.1 Å². The van der Waals surface area contributed by atoms with Gasteiger partial charge in [-0.25, -0.2) is 0 Å². The molecule has 0 N–H and O–H groups in total. The Morgan fingerprint density at radius 3 is 2.73 bits per heavy atom. The Balaban J connectivity index is 2.48. The molecule has 0 spiro atoms. The first kappa shape index (κ1) is 11.0. The van der Waals surface area contributed by atoms with Crippen LogP contribution < -0.4 is 0 Å². The molecule has 0 fully saturated rings. The fourth-order valence-electron chi connectivity index (χ4n) is 1.20. The van der Waals surface area contributed by atoms with Gasteiger partial charge in [-0.05, 0) is 18.2 Å². The topological polar surface area (TPSA) is 26.0 Å². The SMILES string of the molecule is Clc1ccc(Cl)c(-c2cc(CBr)on2)c1. The summed E-state index contributed by atoms with van der Waals surface area (Å²) in [5.74, 6) is 0.751. The summed E-state index contributed by atoms with van der Waals surface area (Å²) in [6, 6.07) is 7.06. The fourth-order valence-corrected chi connectivity index (χ4v) is 1.85. The van der Waals surface area contributed by atoms with Gasteiger partial charge in [0.2, 0.25) is 0 Å². The average Bonchev–Trinajstić information content (AvgIpc) is 2.70. The second kappa shape index (κ2) is 4.56. The molecule has 1 aromatic carbocycles. The van der Waals surface area contributed by atoms with Crippen LogP contribution in [0.3, 0.4) is 0 Å². The van der Waals surface area contributed by atoms with Crippen LogP contribution in [0.15, 0.2) is 28.8 Å². The van der Waals surface area contributed by atoms with Crippen LogP contribution in [0.1, 0.15) is 5.76 Å². The van der Waals surface area contributed by atoms with Crippen molar-refractivity contribution in [3.8, 4) is 11.3 Å². The summed E-state index contributed by atoms with van der Waals surface area (Å²) in [6.07, 6.45) is 0. The lowest BCUT2D eigenvalue weighted by molar-refractivity contribution is 0.398. The van der Waals surface area contributed by atoms with E-state index in [4.69, 9.17) is 27.7 Å². The molecule has 0 aliphatic rings. The first-order valence-corrected chi connectivity index (χ1v) is 6.05. The van der Waals surface area contributed by atoms with Crippen molar-refractivity contribution in [2.24, 2.45) is 0 Å². The van der Waals surface area contributed by atoms with Gasteiger partial charge in [0.15, 0.2) is 0 Å². The molecule has 0 saturated carbocycles. The number of rotatable bonds is 2. The minimum atomic E-state index is 0.605. The van der Waals surface area contributed by atoms with E-state index in [0.717, 1.165) is 11.3 Å². The van der Waals surface area contributed by atoms with E-state index in [1.54, 1.807) is 18.2 Å². The zero-order valence-electron chi connectivity index (χ0n) is 7.51. The van der Waals surface area contributed by atoms with Crippen molar-refractivity contribution in [3.63, 3.8) is 0 Å². The molecule has 0 atom stereocenters. The van der Waals surface area contributed by atoms with Gasteiger partial charge in [0, 0.05) is 16.7 Å². The quantitative estimate of drug-likeness (QED) is 0.761. The van der Waals surface area contributed by atoms with Gasteiger partial charge in [0.25, 0.3) is 0 Å². The first-order valence-electron chi connectivity index (χ1n) is 4.17. The Bertz CT molecular complexity index is 484. The molecule has 0 aliphatic heterocycles. The number of benzene rings is 1. The highest BCUT2D eigenvalue weighted by atomic mass is 79.9. The van der Waals surface area contributed by atoms with Crippen LogP contribution in [0.25, 0.3) is 11.3 Å². The maximum Gasteiger partial charge on any atom is 0.147 e. The van der Waals surface area contributed by atoms with Gasteiger partial charge in [0.05, 0.1) is 10.4 Å². The van der Waals surface area contributed by atoms with Gasteiger partial charge < -0.3 is 4.52 Å². The average molecular weight is 307 g/mol. The molecule has 0 saturated heterocycles. The van der Waals surface area contributed by atoms with Crippen molar-refractivity contribution in [1.29, 1.82) is 0 Å². The molecule has 2 rings (SSSR count). The molecule has 1 heterocycles. The third kappa shape index (κ3) is 2.36. The van der Waals surface area contributed by atoms with Gasteiger partial charge >= 0.3 is 0 Å². The number of alkyl halides is 1. The molecular formula is C10H6BrCl2NO. The number of halogens is 3. The highest BCUT2D eigenvalue weighted by molar-refractivity contribution is 9.08. The minimum absolute atomic E-state index is 0.605. The highest BCUT2D eigenvalue weighted by Crippen LogP contribution is 2.30. The predicted molar refractivity (Wildman–Crippen MR) is 64.6 cm³/mol. The summed E-state index contributed by atoms with van der Waals surface area (Å²) < 4.78 is 5.06. The maximum atomic E-state index is 6.03. The summed E-state index contributed by atoms with van der Waals surface area (Å²) in [5.41, 5.74) is 1.47. The maximum absolute atomic E-state index is 6.03. The van der Waals surface area contributed by atoms with E-state index >= 15 is 0 Å². The predicted octanol–water partition coefficient (Wildman–Crippen LogP) is 4.54. The van der Waals surface area contributed by atoms with Gasteiger partial charge in [-0.15, -0.1) is 0 Å². The summed E-state index contributed by atoms with van der Waals surface area (Å²) in [7, 11) is 0. The minimum Gasteiger partial charge on any atom is -0.360 e. The van der Waals surface area contributed by atoms with E-state index in [-0.39, 0.29) is 0 Å². The Kier molecular flexibility index (Phi) is 3.34. The standard InChI is InChI=1S/C10H6BrCl2NO/c11-5-7-4-10(14-15-7)8-3-6(12)1-2-9(8)13/h1-4H,5H2. The molecule has 2 aromatic rings.